The highest BCUT2D eigenvalue weighted by atomic mass is 15.0. The Labute approximate surface area is 323 Å². The Kier molecular flexibility index (Phi) is 7.56. The zero-order chi connectivity index (χ0) is 37.9. The summed E-state index contributed by atoms with van der Waals surface area (Å²) in [6, 6.07) is 57.2. The molecule has 5 heteroatoms. The molecule has 0 amide bonds. The van der Waals surface area contributed by atoms with Gasteiger partial charge in [0.25, 0.3) is 0 Å². The molecule has 0 saturated heterocycles. The van der Waals surface area contributed by atoms with Crippen molar-refractivity contribution in [3.63, 3.8) is 0 Å². The highest BCUT2D eigenvalue weighted by Gasteiger charge is 2.22. The first kappa shape index (κ1) is 32.8. The molecule has 0 aliphatic rings. The van der Waals surface area contributed by atoms with Crippen LogP contribution in [0.3, 0.4) is 0 Å². The largest absolute Gasteiger partial charge is 0.310 e. The Morgan fingerprint density at radius 2 is 1.09 bits per heavy atom. The van der Waals surface area contributed by atoms with Gasteiger partial charge in [0.2, 0.25) is 0 Å². The van der Waals surface area contributed by atoms with Crippen molar-refractivity contribution in [2.24, 2.45) is 0 Å². The fraction of sp³-hybridized carbons (Fsp3) is 0.0196. The van der Waals surface area contributed by atoms with Gasteiger partial charge >= 0.3 is 0 Å². The molecule has 0 aliphatic carbocycles. The van der Waals surface area contributed by atoms with Crippen molar-refractivity contribution in [1.82, 2.24) is 13.7 Å². The van der Waals surface area contributed by atoms with E-state index in [1.807, 2.05) is 54.6 Å². The van der Waals surface area contributed by atoms with E-state index in [-0.39, 0.29) is 0 Å². The zero-order valence-corrected chi connectivity index (χ0v) is 30.6. The van der Waals surface area contributed by atoms with Gasteiger partial charge in [-0.05, 0) is 79.2 Å². The molecule has 0 N–H and O–H groups in total. The monoisotopic (exact) mass is 715 g/mol. The number of fused-ring (bicyclic) bond motifs is 7. The van der Waals surface area contributed by atoms with Crippen LogP contribution in [-0.2, 0) is 0 Å². The molecule has 0 bridgehead atoms. The average molecular weight is 716 g/mol. The molecule has 56 heavy (non-hydrogen) atoms. The molecule has 10 aromatic rings. The normalized spacial score (nSPS) is 11.6. The number of rotatable bonds is 6. The van der Waals surface area contributed by atoms with Gasteiger partial charge in [0.05, 0.1) is 56.2 Å². The second-order valence-electron chi connectivity index (χ2n) is 14.0. The Morgan fingerprint density at radius 3 is 1.82 bits per heavy atom. The van der Waals surface area contributed by atoms with Crippen LogP contribution >= 0.6 is 0 Å². The van der Waals surface area contributed by atoms with Crippen molar-refractivity contribution in [3.8, 4) is 40.3 Å². The molecule has 7 aromatic carbocycles. The van der Waals surface area contributed by atoms with Crippen molar-refractivity contribution >= 4 is 60.6 Å². The number of benzene rings is 7. The Morgan fingerprint density at radius 1 is 0.500 bits per heavy atom. The zero-order valence-electron chi connectivity index (χ0n) is 30.6. The SMILES string of the molecule is C=C/C=C\c1c(C)c2ccccc2n1-c1ccc2c3ccccc3n(-c3cccc(-c4ccccc4-n4c5ccccc5c5cc(C#N)ccc54)c3C#N)c2c1. The molecule has 0 unspecified atom stereocenters. The van der Waals surface area contributed by atoms with Gasteiger partial charge in [-0.25, -0.2) is 0 Å². The van der Waals surface area contributed by atoms with Crippen molar-refractivity contribution in [1.29, 1.82) is 10.5 Å². The number of hydrogen-bond donors (Lipinski definition) is 0. The summed E-state index contributed by atoms with van der Waals surface area (Å²) in [6.07, 6.45) is 5.91. The number of aromatic nitrogens is 3. The van der Waals surface area contributed by atoms with E-state index < -0.39 is 0 Å². The molecular formula is C51H33N5. The lowest BCUT2D eigenvalue weighted by Crippen LogP contribution is -2.03. The van der Waals surface area contributed by atoms with Crippen LogP contribution in [-0.4, -0.2) is 13.7 Å². The van der Waals surface area contributed by atoms with Crippen LogP contribution in [0.5, 0.6) is 0 Å². The van der Waals surface area contributed by atoms with Crippen LogP contribution < -0.4 is 0 Å². The third kappa shape index (κ3) is 4.79. The lowest BCUT2D eigenvalue weighted by molar-refractivity contribution is 1.09. The molecule has 0 radical (unpaired) electrons. The van der Waals surface area contributed by atoms with Gasteiger partial charge in [-0.15, -0.1) is 0 Å². The van der Waals surface area contributed by atoms with Crippen LogP contribution in [0, 0.1) is 29.6 Å². The summed E-state index contributed by atoms with van der Waals surface area (Å²) in [5, 5.41) is 26.4. The number of hydrogen-bond acceptors (Lipinski definition) is 2. The topological polar surface area (TPSA) is 62.4 Å². The second-order valence-corrected chi connectivity index (χ2v) is 14.0. The van der Waals surface area contributed by atoms with Crippen molar-refractivity contribution in [3.05, 3.63) is 193 Å². The maximum Gasteiger partial charge on any atom is 0.102 e. The van der Waals surface area contributed by atoms with E-state index in [4.69, 9.17) is 0 Å². The number of allylic oxidation sites excluding steroid dienone is 2. The van der Waals surface area contributed by atoms with E-state index >= 15 is 0 Å². The van der Waals surface area contributed by atoms with Crippen molar-refractivity contribution in [2.45, 2.75) is 6.92 Å². The van der Waals surface area contributed by atoms with E-state index in [1.165, 1.54) is 10.9 Å². The molecule has 3 heterocycles. The number of aryl methyl sites for hydroxylation is 1. The summed E-state index contributed by atoms with van der Waals surface area (Å²) in [7, 11) is 0. The Hall–Kier alpha value is -7.86. The van der Waals surface area contributed by atoms with E-state index in [9.17, 15) is 10.5 Å². The van der Waals surface area contributed by atoms with Gasteiger partial charge in [0, 0.05) is 49.4 Å². The molecule has 0 spiro atoms. The van der Waals surface area contributed by atoms with Crippen LogP contribution in [0.15, 0.2) is 170 Å². The predicted octanol–water partition coefficient (Wildman–Crippen LogP) is 12.7. The third-order valence-electron chi connectivity index (χ3n) is 11.1. The Bertz CT molecular complexity index is 3370. The first-order valence-corrected chi connectivity index (χ1v) is 18.6. The van der Waals surface area contributed by atoms with Gasteiger partial charge in [-0.2, -0.15) is 10.5 Å². The highest BCUT2D eigenvalue weighted by Crippen LogP contribution is 2.41. The van der Waals surface area contributed by atoms with Gasteiger partial charge < -0.3 is 13.7 Å². The summed E-state index contributed by atoms with van der Waals surface area (Å²) in [6.45, 7) is 6.10. The maximum absolute atomic E-state index is 11.2. The minimum absolute atomic E-state index is 0.581. The quantitative estimate of drug-likeness (QED) is 0.161. The van der Waals surface area contributed by atoms with Gasteiger partial charge in [-0.3, -0.25) is 0 Å². The lowest BCUT2D eigenvalue weighted by Gasteiger charge is -2.18. The molecule has 0 saturated carbocycles. The summed E-state index contributed by atoms with van der Waals surface area (Å²) in [5.41, 5.74) is 13.3. The summed E-state index contributed by atoms with van der Waals surface area (Å²) in [5.74, 6) is 0. The lowest BCUT2D eigenvalue weighted by atomic mass is 9.96. The molecule has 5 nitrogen and oxygen atoms in total. The summed E-state index contributed by atoms with van der Waals surface area (Å²) >= 11 is 0. The first-order chi connectivity index (χ1) is 27.6. The summed E-state index contributed by atoms with van der Waals surface area (Å²) in [4.78, 5) is 0. The number of nitriles is 2. The minimum atomic E-state index is 0.581. The molecule has 10 rings (SSSR count). The first-order valence-electron chi connectivity index (χ1n) is 18.6. The van der Waals surface area contributed by atoms with Crippen LogP contribution in [0.25, 0.3) is 88.8 Å². The predicted molar refractivity (Wildman–Crippen MR) is 231 cm³/mol. The van der Waals surface area contributed by atoms with Crippen LogP contribution in [0.2, 0.25) is 0 Å². The van der Waals surface area contributed by atoms with E-state index in [1.54, 1.807) is 0 Å². The fourth-order valence-electron chi connectivity index (χ4n) is 8.68. The van der Waals surface area contributed by atoms with Crippen molar-refractivity contribution < 1.29 is 0 Å². The molecule has 262 valence electrons. The van der Waals surface area contributed by atoms with Gasteiger partial charge in [-0.1, -0.05) is 110 Å². The van der Waals surface area contributed by atoms with Crippen LogP contribution in [0.4, 0.5) is 0 Å². The molecule has 0 aliphatic heterocycles. The Balaban J connectivity index is 1.24. The van der Waals surface area contributed by atoms with Gasteiger partial charge in [0.15, 0.2) is 0 Å². The smallest absolute Gasteiger partial charge is 0.102 e. The van der Waals surface area contributed by atoms with Gasteiger partial charge in [0.1, 0.15) is 6.07 Å². The number of nitrogens with zero attached hydrogens (tertiary/aromatic N) is 5. The van der Waals surface area contributed by atoms with Crippen molar-refractivity contribution in [2.75, 3.05) is 0 Å². The molecule has 0 fully saturated rings. The maximum atomic E-state index is 11.2. The minimum Gasteiger partial charge on any atom is -0.310 e. The van der Waals surface area contributed by atoms with E-state index in [2.05, 4.69) is 155 Å². The van der Waals surface area contributed by atoms with E-state index in [0.717, 1.165) is 83.0 Å². The fourth-order valence-corrected chi connectivity index (χ4v) is 8.68. The summed E-state index contributed by atoms with van der Waals surface area (Å²) < 4.78 is 6.82. The average Bonchev–Trinajstić information content (AvgIpc) is 3.86. The standard InChI is InChI=1S/C51H33N5/c1-3-4-19-44-33(2)36-14-5-9-20-45(36)54(44)35-26-27-41-39-16-7-11-22-47(39)56(51(41)30-35)49-24-13-18-37(43(49)32-53)38-15-6-10-21-46(38)55-48-23-12-8-17-40(48)42-29-34(31-52)25-28-50(42)55/h3-30H,1H2,2H3/b19-4-. The molecular weight excluding hydrogens is 683 g/mol. The third-order valence-corrected chi connectivity index (χ3v) is 11.1. The van der Waals surface area contributed by atoms with Crippen LogP contribution in [0.1, 0.15) is 22.4 Å². The number of para-hydroxylation sites is 4. The molecule has 3 aromatic heterocycles. The van der Waals surface area contributed by atoms with E-state index in [0.29, 0.717) is 11.1 Å². The molecule has 0 atom stereocenters. The highest BCUT2D eigenvalue weighted by molar-refractivity contribution is 6.11. The second kappa shape index (κ2) is 12.9.